The van der Waals surface area contributed by atoms with Crippen molar-refractivity contribution in [2.24, 2.45) is 4.99 Å². The predicted molar refractivity (Wildman–Crippen MR) is 102 cm³/mol. The first-order chi connectivity index (χ1) is 12.1. The standard InChI is InChI=1S/C19H29N5O/c1-5-25-18-9-6-8-17(13-18)14-22-19(20-4)21-10-7-11-24-16(3)12-15(2)23-24/h6,8-9,12-13H,5,7,10-11,14H2,1-4H3,(H2,20,21,22). The van der Waals surface area contributed by atoms with Crippen molar-refractivity contribution in [2.45, 2.75) is 40.3 Å². The average molecular weight is 343 g/mol. The van der Waals surface area contributed by atoms with Crippen LogP contribution < -0.4 is 15.4 Å². The minimum atomic E-state index is 0.676. The molecule has 0 aliphatic carbocycles. The van der Waals surface area contributed by atoms with Crippen LogP contribution in [0.4, 0.5) is 0 Å². The average Bonchev–Trinajstić information content (AvgIpc) is 2.92. The van der Waals surface area contributed by atoms with Crippen molar-refractivity contribution < 1.29 is 4.74 Å². The Morgan fingerprint density at radius 3 is 2.76 bits per heavy atom. The summed E-state index contributed by atoms with van der Waals surface area (Å²) < 4.78 is 7.58. The van der Waals surface area contributed by atoms with Crippen LogP contribution in [0.3, 0.4) is 0 Å². The summed E-state index contributed by atoms with van der Waals surface area (Å²) in [5.74, 6) is 1.70. The summed E-state index contributed by atoms with van der Waals surface area (Å²) >= 11 is 0. The number of rotatable bonds is 8. The number of aliphatic imine (C=N–C) groups is 1. The van der Waals surface area contributed by atoms with Gasteiger partial charge in [0.15, 0.2) is 5.96 Å². The number of guanidine groups is 1. The monoisotopic (exact) mass is 343 g/mol. The molecule has 0 atom stereocenters. The van der Waals surface area contributed by atoms with Crippen LogP contribution in [-0.2, 0) is 13.1 Å². The second-order valence-electron chi connectivity index (χ2n) is 5.94. The Hall–Kier alpha value is -2.50. The molecular formula is C19H29N5O. The minimum Gasteiger partial charge on any atom is -0.494 e. The van der Waals surface area contributed by atoms with Gasteiger partial charge in [-0.05, 0) is 51.0 Å². The highest BCUT2D eigenvalue weighted by atomic mass is 16.5. The summed E-state index contributed by atoms with van der Waals surface area (Å²) in [7, 11) is 1.78. The van der Waals surface area contributed by atoms with Crippen LogP contribution in [0.25, 0.3) is 0 Å². The molecule has 0 radical (unpaired) electrons. The second-order valence-corrected chi connectivity index (χ2v) is 5.94. The minimum absolute atomic E-state index is 0.676. The van der Waals surface area contributed by atoms with Crippen LogP contribution in [0.5, 0.6) is 5.75 Å². The number of nitrogens with zero attached hydrogens (tertiary/aromatic N) is 3. The molecule has 2 rings (SSSR count). The summed E-state index contributed by atoms with van der Waals surface area (Å²) in [6, 6.07) is 10.2. The van der Waals surface area contributed by atoms with E-state index in [1.165, 1.54) is 5.69 Å². The molecule has 1 aromatic heterocycles. The van der Waals surface area contributed by atoms with Gasteiger partial charge in [-0.2, -0.15) is 5.10 Å². The molecule has 6 nitrogen and oxygen atoms in total. The number of hydrogen-bond acceptors (Lipinski definition) is 3. The van der Waals surface area contributed by atoms with Gasteiger partial charge in [0, 0.05) is 32.4 Å². The SMILES string of the molecule is CCOc1cccc(CNC(=NC)NCCCn2nc(C)cc2C)c1. The Morgan fingerprint density at radius 2 is 2.08 bits per heavy atom. The molecule has 136 valence electrons. The normalized spacial score (nSPS) is 11.4. The molecule has 6 heteroatoms. The molecule has 0 amide bonds. The molecule has 0 saturated heterocycles. The first kappa shape index (κ1) is 18.8. The maximum Gasteiger partial charge on any atom is 0.191 e. The highest BCUT2D eigenvalue weighted by molar-refractivity contribution is 5.79. The third-order valence-electron chi connectivity index (χ3n) is 3.84. The van der Waals surface area contributed by atoms with Gasteiger partial charge in [-0.25, -0.2) is 0 Å². The lowest BCUT2D eigenvalue weighted by molar-refractivity contribution is 0.340. The third kappa shape index (κ3) is 6.14. The molecule has 2 aromatic rings. The summed E-state index contributed by atoms with van der Waals surface area (Å²) in [6.45, 7) is 9.23. The van der Waals surface area contributed by atoms with Crippen LogP contribution in [-0.4, -0.2) is 35.9 Å². The number of benzene rings is 1. The number of nitrogens with one attached hydrogen (secondary N) is 2. The maximum atomic E-state index is 5.53. The molecule has 0 saturated carbocycles. The van der Waals surface area contributed by atoms with E-state index >= 15 is 0 Å². The topological polar surface area (TPSA) is 63.5 Å². The van der Waals surface area contributed by atoms with E-state index in [-0.39, 0.29) is 0 Å². The van der Waals surface area contributed by atoms with Crippen molar-refractivity contribution >= 4 is 5.96 Å². The number of ether oxygens (including phenoxy) is 1. The van der Waals surface area contributed by atoms with E-state index in [0.29, 0.717) is 13.2 Å². The van der Waals surface area contributed by atoms with Crippen molar-refractivity contribution in [2.75, 3.05) is 20.2 Å². The largest absolute Gasteiger partial charge is 0.494 e. The Bertz CT molecular complexity index is 693. The van der Waals surface area contributed by atoms with Crippen molar-refractivity contribution in [3.05, 3.63) is 47.3 Å². The van der Waals surface area contributed by atoms with Gasteiger partial charge in [-0.1, -0.05) is 12.1 Å². The van der Waals surface area contributed by atoms with E-state index in [9.17, 15) is 0 Å². The molecule has 1 aromatic carbocycles. The molecule has 25 heavy (non-hydrogen) atoms. The van der Waals surface area contributed by atoms with Crippen LogP contribution in [0, 0.1) is 13.8 Å². The van der Waals surface area contributed by atoms with E-state index in [1.807, 2.05) is 36.7 Å². The van der Waals surface area contributed by atoms with Crippen LogP contribution >= 0.6 is 0 Å². The summed E-state index contributed by atoms with van der Waals surface area (Å²) in [5.41, 5.74) is 3.43. The van der Waals surface area contributed by atoms with E-state index in [1.54, 1.807) is 7.05 Å². The van der Waals surface area contributed by atoms with Gasteiger partial charge in [0.2, 0.25) is 0 Å². The molecular weight excluding hydrogens is 314 g/mol. The van der Waals surface area contributed by atoms with E-state index in [4.69, 9.17) is 4.74 Å². The van der Waals surface area contributed by atoms with Gasteiger partial charge in [-0.3, -0.25) is 9.67 Å². The molecule has 0 unspecified atom stereocenters. The zero-order valence-electron chi connectivity index (χ0n) is 15.7. The Kier molecular flexibility index (Phi) is 7.32. The van der Waals surface area contributed by atoms with Crippen LogP contribution in [0.2, 0.25) is 0 Å². The van der Waals surface area contributed by atoms with Crippen LogP contribution in [0.15, 0.2) is 35.3 Å². The fourth-order valence-electron chi connectivity index (χ4n) is 2.66. The molecule has 1 heterocycles. The first-order valence-corrected chi connectivity index (χ1v) is 8.79. The molecule has 0 aliphatic rings. The van der Waals surface area contributed by atoms with Gasteiger partial charge < -0.3 is 15.4 Å². The Balaban J connectivity index is 1.73. The maximum absolute atomic E-state index is 5.53. The summed E-state index contributed by atoms with van der Waals surface area (Å²) in [6.07, 6.45) is 0.989. The van der Waals surface area contributed by atoms with Gasteiger partial charge in [0.25, 0.3) is 0 Å². The highest BCUT2D eigenvalue weighted by Gasteiger charge is 2.02. The first-order valence-electron chi connectivity index (χ1n) is 8.79. The summed E-state index contributed by atoms with van der Waals surface area (Å²) in [4.78, 5) is 4.27. The zero-order chi connectivity index (χ0) is 18.1. The van der Waals surface area contributed by atoms with Gasteiger partial charge >= 0.3 is 0 Å². The molecule has 0 fully saturated rings. The van der Waals surface area contributed by atoms with E-state index in [2.05, 4.69) is 39.8 Å². The number of aromatic nitrogens is 2. The van der Waals surface area contributed by atoms with Crippen molar-refractivity contribution in [3.63, 3.8) is 0 Å². The lowest BCUT2D eigenvalue weighted by atomic mass is 10.2. The van der Waals surface area contributed by atoms with Crippen molar-refractivity contribution in [1.29, 1.82) is 0 Å². The van der Waals surface area contributed by atoms with Crippen LogP contribution in [0.1, 0.15) is 30.3 Å². The highest BCUT2D eigenvalue weighted by Crippen LogP contribution is 2.12. The lowest BCUT2D eigenvalue weighted by Crippen LogP contribution is -2.37. The van der Waals surface area contributed by atoms with Gasteiger partial charge in [0.05, 0.1) is 12.3 Å². The smallest absolute Gasteiger partial charge is 0.191 e. The zero-order valence-corrected chi connectivity index (χ0v) is 15.7. The van der Waals surface area contributed by atoms with Crippen molar-refractivity contribution in [3.8, 4) is 5.75 Å². The van der Waals surface area contributed by atoms with Crippen molar-refractivity contribution in [1.82, 2.24) is 20.4 Å². The quantitative estimate of drug-likeness (QED) is 0.439. The Morgan fingerprint density at radius 1 is 1.24 bits per heavy atom. The molecule has 2 N–H and O–H groups in total. The number of aryl methyl sites for hydroxylation is 3. The van der Waals surface area contributed by atoms with E-state index < -0.39 is 0 Å². The molecule has 0 aliphatic heterocycles. The lowest BCUT2D eigenvalue weighted by Gasteiger charge is -2.13. The van der Waals surface area contributed by atoms with Gasteiger partial charge in [-0.15, -0.1) is 0 Å². The second kappa shape index (κ2) is 9.71. The molecule has 0 bridgehead atoms. The molecule has 0 spiro atoms. The van der Waals surface area contributed by atoms with Gasteiger partial charge in [0.1, 0.15) is 5.75 Å². The predicted octanol–water partition coefficient (Wildman–Crippen LogP) is 2.65. The fraction of sp³-hybridized carbons (Fsp3) is 0.474. The fourth-order valence-corrected chi connectivity index (χ4v) is 2.66. The van der Waals surface area contributed by atoms with E-state index in [0.717, 1.165) is 42.5 Å². The number of hydrogen-bond donors (Lipinski definition) is 2. The Labute approximate surface area is 150 Å². The third-order valence-corrected chi connectivity index (χ3v) is 3.84. The summed E-state index contributed by atoms with van der Waals surface area (Å²) in [5, 5.41) is 11.2.